The summed E-state index contributed by atoms with van der Waals surface area (Å²) in [7, 11) is -3.90. The first kappa shape index (κ1) is 18.9. The first-order chi connectivity index (χ1) is 11.9. The number of rotatable bonds is 9. The Morgan fingerprint density at radius 1 is 1.04 bits per heavy atom. The van der Waals surface area contributed by atoms with Gasteiger partial charge in [-0.1, -0.05) is 30.3 Å². The minimum absolute atomic E-state index is 0.127. The highest BCUT2D eigenvalue weighted by Gasteiger charge is 2.20. The fourth-order valence-corrected chi connectivity index (χ4v) is 3.50. The zero-order valence-corrected chi connectivity index (χ0v) is 14.3. The van der Waals surface area contributed by atoms with Gasteiger partial charge >= 0.3 is 5.97 Å². The van der Waals surface area contributed by atoms with Crippen molar-refractivity contribution in [3.8, 4) is 0 Å². The van der Waals surface area contributed by atoms with Crippen molar-refractivity contribution in [2.75, 3.05) is 25.0 Å². The van der Waals surface area contributed by atoms with Crippen LogP contribution < -0.4 is 10.0 Å². The molecule has 2 aromatic carbocycles. The van der Waals surface area contributed by atoms with E-state index in [1.165, 1.54) is 12.1 Å². The van der Waals surface area contributed by atoms with E-state index in [0.717, 1.165) is 11.6 Å². The summed E-state index contributed by atoms with van der Waals surface area (Å²) >= 11 is 0. The van der Waals surface area contributed by atoms with Gasteiger partial charge in [0.25, 0.3) is 0 Å². The number of carbonyl (C=O) groups is 1. The number of carboxylic acids is 1. The molecular weight excluding hydrogens is 344 g/mol. The van der Waals surface area contributed by atoms with Crippen LogP contribution in [0.1, 0.15) is 15.9 Å². The van der Waals surface area contributed by atoms with E-state index in [0.29, 0.717) is 6.42 Å². The van der Waals surface area contributed by atoms with Gasteiger partial charge in [-0.05, 0) is 30.2 Å². The molecule has 0 aliphatic heterocycles. The summed E-state index contributed by atoms with van der Waals surface area (Å²) < 4.78 is 27.6. The third-order valence-electron chi connectivity index (χ3n) is 3.49. The summed E-state index contributed by atoms with van der Waals surface area (Å²) in [5, 5.41) is 20.8. The number of hydrogen-bond acceptors (Lipinski definition) is 5. The summed E-state index contributed by atoms with van der Waals surface area (Å²) in [6.07, 6.45) is 0.512. The molecule has 25 heavy (non-hydrogen) atoms. The van der Waals surface area contributed by atoms with E-state index in [1.807, 2.05) is 30.3 Å². The van der Waals surface area contributed by atoms with Gasteiger partial charge in [-0.25, -0.2) is 17.9 Å². The molecule has 0 saturated carbocycles. The van der Waals surface area contributed by atoms with Crippen molar-refractivity contribution in [2.24, 2.45) is 0 Å². The van der Waals surface area contributed by atoms with Crippen LogP contribution >= 0.6 is 0 Å². The maximum absolute atomic E-state index is 12.6. The van der Waals surface area contributed by atoms with E-state index in [1.54, 1.807) is 0 Å². The van der Waals surface area contributed by atoms with E-state index in [4.69, 9.17) is 10.2 Å². The first-order valence-corrected chi connectivity index (χ1v) is 9.18. The lowest BCUT2D eigenvalue weighted by atomic mass is 10.2. The van der Waals surface area contributed by atoms with Crippen molar-refractivity contribution in [2.45, 2.75) is 11.3 Å². The van der Waals surface area contributed by atoms with E-state index in [9.17, 15) is 13.2 Å². The number of carboxylic acid groups (broad SMARTS) is 1. The SMILES string of the molecule is O=C(O)c1ccc(NCCO)c(S(=O)(=O)NCCc2ccccc2)c1. The van der Waals surface area contributed by atoms with Gasteiger partial charge in [0.05, 0.1) is 17.9 Å². The average Bonchev–Trinajstić information content (AvgIpc) is 2.60. The molecule has 8 heteroatoms. The fourth-order valence-electron chi connectivity index (χ4n) is 2.27. The van der Waals surface area contributed by atoms with E-state index < -0.39 is 16.0 Å². The summed E-state index contributed by atoms with van der Waals surface area (Å²) in [5.74, 6) is -1.21. The van der Waals surface area contributed by atoms with Crippen LogP contribution in [0.4, 0.5) is 5.69 Å². The van der Waals surface area contributed by atoms with Crippen molar-refractivity contribution >= 4 is 21.7 Å². The van der Waals surface area contributed by atoms with Gasteiger partial charge < -0.3 is 15.5 Å². The molecule has 0 fully saturated rings. The molecule has 0 amide bonds. The third kappa shape index (κ3) is 5.28. The number of aliphatic hydroxyl groups excluding tert-OH is 1. The molecule has 2 rings (SSSR count). The van der Waals surface area contributed by atoms with Gasteiger partial charge in [0, 0.05) is 13.1 Å². The van der Waals surface area contributed by atoms with Crippen LogP contribution in [0.2, 0.25) is 0 Å². The monoisotopic (exact) mass is 364 g/mol. The topological polar surface area (TPSA) is 116 Å². The molecule has 2 aromatic rings. The highest BCUT2D eigenvalue weighted by molar-refractivity contribution is 7.89. The third-order valence-corrected chi connectivity index (χ3v) is 4.99. The summed E-state index contributed by atoms with van der Waals surface area (Å²) in [6, 6.07) is 13.2. The van der Waals surface area contributed by atoms with Crippen molar-refractivity contribution in [3.05, 3.63) is 59.7 Å². The standard InChI is InChI=1S/C17H20N2O5S/c20-11-10-18-15-7-6-14(17(21)22)12-16(15)25(23,24)19-9-8-13-4-2-1-3-5-13/h1-7,12,18-20H,8-11H2,(H,21,22). The Balaban J connectivity index is 2.20. The number of benzene rings is 2. The number of nitrogens with one attached hydrogen (secondary N) is 2. The maximum Gasteiger partial charge on any atom is 0.335 e. The van der Waals surface area contributed by atoms with E-state index in [-0.39, 0.29) is 35.8 Å². The summed E-state index contributed by atoms with van der Waals surface area (Å²) in [5.41, 5.74) is 1.10. The number of aliphatic hydroxyl groups is 1. The Morgan fingerprint density at radius 2 is 1.76 bits per heavy atom. The predicted molar refractivity (Wildman–Crippen MR) is 94.3 cm³/mol. The maximum atomic E-state index is 12.6. The van der Waals surface area contributed by atoms with Gasteiger partial charge in [-0.15, -0.1) is 0 Å². The Bertz CT molecular complexity index is 822. The van der Waals surface area contributed by atoms with Crippen LogP contribution in [0.25, 0.3) is 0 Å². The highest BCUT2D eigenvalue weighted by atomic mass is 32.2. The molecule has 0 aliphatic carbocycles. The van der Waals surface area contributed by atoms with Gasteiger partial charge in [0.15, 0.2) is 0 Å². The second-order valence-electron chi connectivity index (χ2n) is 5.30. The van der Waals surface area contributed by atoms with Crippen molar-refractivity contribution in [3.63, 3.8) is 0 Å². The van der Waals surface area contributed by atoms with Crippen LogP contribution in [0.3, 0.4) is 0 Å². The van der Waals surface area contributed by atoms with Crippen LogP contribution in [0.15, 0.2) is 53.4 Å². The van der Waals surface area contributed by atoms with Gasteiger partial charge in [0.1, 0.15) is 4.90 Å². The summed E-state index contributed by atoms with van der Waals surface area (Å²) in [6.45, 7) is 0.156. The Kier molecular flexibility index (Phi) is 6.51. The molecule has 4 N–H and O–H groups in total. The largest absolute Gasteiger partial charge is 0.478 e. The van der Waals surface area contributed by atoms with Gasteiger partial charge in [-0.3, -0.25) is 0 Å². The van der Waals surface area contributed by atoms with Crippen LogP contribution in [-0.2, 0) is 16.4 Å². The number of anilines is 1. The lowest BCUT2D eigenvalue weighted by Gasteiger charge is -2.13. The summed E-state index contributed by atoms with van der Waals surface area (Å²) in [4.78, 5) is 11.0. The van der Waals surface area contributed by atoms with Crippen molar-refractivity contribution in [1.29, 1.82) is 0 Å². The normalized spacial score (nSPS) is 11.2. The van der Waals surface area contributed by atoms with E-state index >= 15 is 0 Å². The molecule has 0 heterocycles. The van der Waals surface area contributed by atoms with E-state index in [2.05, 4.69) is 10.0 Å². The molecule has 0 unspecified atom stereocenters. The molecule has 7 nitrogen and oxygen atoms in total. The molecule has 0 bridgehead atoms. The highest BCUT2D eigenvalue weighted by Crippen LogP contribution is 2.23. The van der Waals surface area contributed by atoms with Gasteiger partial charge in [0.2, 0.25) is 10.0 Å². The Hall–Kier alpha value is -2.42. The van der Waals surface area contributed by atoms with Crippen LogP contribution in [0, 0.1) is 0 Å². The zero-order chi connectivity index (χ0) is 18.3. The quantitative estimate of drug-likeness (QED) is 0.533. The molecule has 0 spiro atoms. The fraction of sp³-hybridized carbons (Fsp3) is 0.235. The minimum atomic E-state index is -3.90. The lowest BCUT2D eigenvalue weighted by Crippen LogP contribution is -2.27. The molecule has 0 atom stereocenters. The average molecular weight is 364 g/mol. The van der Waals surface area contributed by atoms with Crippen molar-refractivity contribution in [1.82, 2.24) is 4.72 Å². The molecule has 0 aliphatic rings. The second kappa shape index (κ2) is 8.61. The molecule has 134 valence electrons. The predicted octanol–water partition coefficient (Wildman–Crippen LogP) is 1.31. The molecular formula is C17H20N2O5S. The molecule has 0 saturated heterocycles. The van der Waals surface area contributed by atoms with Crippen LogP contribution in [-0.4, -0.2) is 44.3 Å². The Morgan fingerprint density at radius 3 is 2.40 bits per heavy atom. The molecule has 0 aromatic heterocycles. The minimum Gasteiger partial charge on any atom is -0.478 e. The molecule has 0 radical (unpaired) electrons. The number of sulfonamides is 1. The lowest BCUT2D eigenvalue weighted by molar-refractivity contribution is 0.0696. The first-order valence-electron chi connectivity index (χ1n) is 7.69. The van der Waals surface area contributed by atoms with Gasteiger partial charge in [-0.2, -0.15) is 0 Å². The smallest absolute Gasteiger partial charge is 0.335 e. The number of hydrogen-bond donors (Lipinski definition) is 4. The zero-order valence-electron chi connectivity index (χ0n) is 13.5. The van der Waals surface area contributed by atoms with Crippen molar-refractivity contribution < 1.29 is 23.4 Å². The second-order valence-corrected chi connectivity index (χ2v) is 7.04. The number of aromatic carboxylic acids is 1. The Labute approximate surface area is 146 Å². The van der Waals surface area contributed by atoms with Crippen LogP contribution in [0.5, 0.6) is 0 Å².